The van der Waals surface area contributed by atoms with Gasteiger partial charge in [-0.2, -0.15) is 11.8 Å². The number of thioether (sulfide) groups is 1. The molecule has 3 atom stereocenters. The van der Waals surface area contributed by atoms with Crippen molar-refractivity contribution >= 4 is 11.8 Å². The highest BCUT2D eigenvalue weighted by Crippen LogP contribution is 2.40. The Hall–Kier alpha value is 0.230. The third-order valence-electron chi connectivity index (χ3n) is 4.70. The lowest BCUT2D eigenvalue weighted by Gasteiger charge is -2.43. The van der Waals surface area contributed by atoms with Gasteiger partial charge in [0.05, 0.1) is 5.60 Å². The van der Waals surface area contributed by atoms with Gasteiger partial charge in [0.2, 0.25) is 0 Å². The molecule has 3 saturated heterocycles. The van der Waals surface area contributed by atoms with E-state index in [1.807, 2.05) is 0 Å². The maximum Gasteiger partial charge on any atom is 0.0795 e. The molecule has 4 heteroatoms. The smallest absolute Gasteiger partial charge is 0.0795 e. The summed E-state index contributed by atoms with van der Waals surface area (Å²) >= 11 is 2.06. The Bertz CT molecular complexity index is 268. The third-order valence-corrected chi connectivity index (χ3v) is 5.92. The van der Waals surface area contributed by atoms with Gasteiger partial charge in [-0.3, -0.25) is 4.90 Å². The zero-order valence-corrected chi connectivity index (χ0v) is 11.4. The van der Waals surface area contributed by atoms with Gasteiger partial charge < -0.3 is 10.5 Å². The lowest BCUT2D eigenvalue weighted by atomic mass is 9.88. The van der Waals surface area contributed by atoms with Crippen molar-refractivity contribution in [2.75, 3.05) is 31.2 Å². The van der Waals surface area contributed by atoms with Crippen molar-refractivity contribution in [2.24, 2.45) is 5.73 Å². The van der Waals surface area contributed by atoms with Gasteiger partial charge in [-0.1, -0.05) is 0 Å². The van der Waals surface area contributed by atoms with Crippen LogP contribution >= 0.6 is 11.8 Å². The van der Waals surface area contributed by atoms with Crippen molar-refractivity contribution in [1.82, 2.24) is 4.90 Å². The van der Waals surface area contributed by atoms with E-state index in [0.29, 0.717) is 6.04 Å². The molecule has 3 fully saturated rings. The predicted octanol–water partition coefficient (Wildman–Crippen LogP) is 1.46. The third kappa shape index (κ3) is 2.37. The molecule has 0 aromatic heterocycles. The SMILES string of the molecule is NCC1CCCN1C1CCOC2(CCSC2)C1. The van der Waals surface area contributed by atoms with E-state index in [1.165, 1.54) is 50.2 Å². The average Bonchev–Trinajstić information content (AvgIpc) is 2.98. The van der Waals surface area contributed by atoms with Gasteiger partial charge in [-0.15, -0.1) is 0 Å². The fourth-order valence-corrected chi connectivity index (χ4v) is 5.12. The summed E-state index contributed by atoms with van der Waals surface area (Å²) in [7, 11) is 0. The highest BCUT2D eigenvalue weighted by molar-refractivity contribution is 7.99. The molecule has 3 heterocycles. The van der Waals surface area contributed by atoms with Crippen LogP contribution in [0.25, 0.3) is 0 Å². The first-order valence-electron chi connectivity index (χ1n) is 7.00. The summed E-state index contributed by atoms with van der Waals surface area (Å²) in [5.74, 6) is 2.50. The van der Waals surface area contributed by atoms with Gasteiger partial charge in [0.1, 0.15) is 0 Å². The number of ether oxygens (including phenoxy) is 1. The molecular formula is C13H24N2OS. The van der Waals surface area contributed by atoms with E-state index in [2.05, 4.69) is 16.7 Å². The van der Waals surface area contributed by atoms with Crippen LogP contribution in [0.15, 0.2) is 0 Å². The molecule has 0 bridgehead atoms. The maximum atomic E-state index is 6.11. The standard InChI is InChI=1S/C13H24N2OS/c14-9-12-2-1-5-15(12)11-3-6-16-13(8-11)4-7-17-10-13/h11-12H,1-10,14H2. The Morgan fingerprint density at radius 3 is 3.12 bits per heavy atom. The summed E-state index contributed by atoms with van der Waals surface area (Å²) in [6.45, 7) is 3.05. The van der Waals surface area contributed by atoms with Crippen molar-refractivity contribution in [1.29, 1.82) is 0 Å². The molecule has 2 N–H and O–H groups in total. The van der Waals surface area contributed by atoms with Crippen molar-refractivity contribution in [2.45, 2.75) is 49.8 Å². The molecule has 0 amide bonds. The lowest BCUT2D eigenvalue weighted by molar-refractivity contribution is -0.0908. The fraction of sp³-hybridized carbons (Fsp3) is 1.00. The van der Waals surface area contributed by atoms with E-state index in [1.54, 1.807) is 0 Å². The number of rotatable bonds is 2. The molecule has 0 saturated carbocycles. The predicted molar refractivity (Wildman–Crippen MR) is 72.4 cm³/mol. The Labute approximate surface area is 108 Å². The molecule has 3 rings (SSSR count). The second-order valence-corrected chi connectivity index (χ2v) is 6.86. The molecule has 98 valence electrons. The van der Waals surface area contributed by atoms with E-state index in [-0.39, 0.29) is 5.60 Å². The van der Waals surface area contributed by atoms with Gasteiger partial charge in [-0.05, 0) is 44.4 Å². The molecular weight excluding hydrogens is 232 g/mol. The van der Waals surface area contributed by atoms with Crippen LogP contribution in [0.5, 0.6) is 0 Å². The van der Waals surface area contributed by atoms with Crippen LogP contribution in [-0.4, -0.2) is 53.8 Å². The summed E-state index contributed by atoms with van der Waals surface area (Å²) in [5, 5.41) is 0. The zero-order valence-electron chi connectivity index (χ0n) is 10.6. The number of likely N-dealkylation sites (tertiary alicyclic amines) is 1. The van der Waals surface area contributed by atoms with E-state index < -0.39 is 0 Å². The lowest BCUT2D eigenvalue weighted by Crippen LogP contribution is -2.51. The van der Waals surface area contributed by atoms with E-state index in [9.17, 15) is 0 Å². The molecule has 3 nitrogen and oxygen atoms in total. The normalized spacial score (nSPS) is 43.6. The van der Waals surface area contributed by atoms with Crippen LogP contribution < -0.4 is 5.73 Å². The minimum atomic E-state index is 0.218. The van der Waals surface area contributed by atoms with Crippen molar-refractivity contribution in [3.63, 3.8) is 0 Å². The summed E-state index contributed by atoms with van der Waals surface area (Å²) in [6, 6.07) is 1.38. The summed E-state index contributed by atoms with van der Waals surface area (Å²) < 4.78 is 6.11. The molecule has 0 aliphatic carbocycles. The van der Waals surface area contributed by atoms with Crippen molar-refractivity contribution < 1.29 is 4.74 Å². The van der Waals surface area contributed by atoms with Crippen LogP contribution in [0.4, 0.5) is 0 Å². The average molecular weight is 256 g/mol. The summed E-state index contributed by atoms with van der Waals surface area (Å²) in [6.07, 6.45) is 6.35. The van der Waals surface area contributed by atoms with E-state index in [4.69, 9.17) is 10.5 Å². The van der Waals surface area contributed by atoms with Gasteiger partial charge >= 0.3 is 0 Å². The molecule has 3 aliphatic heterocycles. The molecule has 0 radical (unpaired) electrons. The monoisotopic (exact) mass is 256 g/mol. The highest BCUT2D eigenvalue weighted by atomic mass is 32.2. The Kier molecular flexibility index (Phi) is 3.67. The first-order chi connectivity index (χ1) is 8.33. The number of nitrogens with zero attached hydrogens (tertiary/aromatic N) is 1. The minimum absolute atomic E-state index is 0.218. The number of nitrogens with two attached hydrogens (primary N) is 1. The maximum absolute atomic E-state index is 6.11. The molecule has 17 heavy (non-hydrogen) atoms. The van der Waals surface area contributed by atoms with E-state index in [0.717, 1.165) is 19.2 Å². The second kappa shape index (κ2) is 5.08. The van der Waals surface area contributed by atoms with Crippen molar-refractivity contribution in [3.05, 3.63) is 0 Å². The Morgan fingerprint density at radius 1 is 1.41 bits per heavy atom. The van der Waals surface area contributed by atoms with Crippen LogP contribution in [0.2, 0.25) is 0 Å². The molecule has 0 aromatic carbocycles. The second-order valence-electron chi connectivity index (χ2n) is 5.75. The quantitative estimate of drug-likeness (QED) is 0.812. The van der Waals surface area contributed by atoms with Gasteiger partial charge in [-0.25, -0.2) is 0 Å². The van der Waals surface area contributed by atoms with E-state index >= 15 is 0 Å². The Morgan fingerprint density at radius 2 is 2.35 bits per heavy atom. The minimum Gasteiger partial charge on any atom is -0.374 e. The largest absolute Gasteiger partial charge is 0.374 e. The zero-order chi connectivity index (χ0) is 11.7. The molecule has 1 spiro atoms. The van der Waals surface area contributed by atoms with Crippen LogP contribution in [0, 0.1) is 0 Å². The van der Waals surface area contributed by atoms with Crippen LogP contribution in [-0.2, 0) is 4.74 Å². The number of hydrogen-bond donors (Lipinski definition) is 1. The van der Waals surface area contributed by atoms with Gasteiger partial charge in [0, 0.05) is 31.0 Å². The van der Waals surface area contributed by atoms with Crippen LogP contribution in [0.1, 0.15) is 32.1 Å². The fourth-order valence-electron chi connectivity index (χ4n) is 3.74. The molecule has 0 aromatic rings. The first kappa shape index (κ1) is 12.3. The van der Waals surface area contributed by atoms with Crippen molar-refractivity contribution in [3.8, 4) is 0 Å². The summed E-state index contributed by atoms with van der Waals surface area (Å²) in [5.41, 5.74) is 6.12. The topological polar surface area (TPSA) is 38.5 Å². The van der Waals surface area contributed by atoms with Gasteiger partial charge in [0.25, 0.3) is 0 Å². The summed E-state index contributed by atoms with van der Waals surface area (Å²) in [4.78, 5) is 2.69. The first-order valence-corrected chi connectivity index (χ1v) is 8.16. The molecule has 3 unspecified atom stereocenters. The van der Waals surface area contributed by atoms with Crippen LogP contribution in [0.3, 0.4) is 0 Å². The highest BCUT2D eigenvalue weighted by Gasteiger charge is 2.43. The molecule has 3 aliphatic rings. The number of hydrogen-bond acceptors (Lipinski definition) is 4. The van der Waals surface area contributed by atoms with Gasteiger partial charge in [0.15, 0.2) is 0 Å². The Balaban J connectivity index is 1.67.